The molecule has 5 heteroatoms. The third-order valence-corrected chi connectivity index (χ3v) is 3.32. The lowest BCUT2D eigenvalue weighted by Gasteiger charge is -2.08. The second-order valence-corrected chi connectivity index (χ2v) is 4.84. The van der Waals surface area contributed by atoms with Crippen molar-refractivity contribution in [1.82, 2.24) is 9.38 Å². The average molecular weight is 285 g/mol. The number of halogens is 1. The molecule has 0 radical (unpaired) electrons. The fourth-order valence-corrected chi connectivity index (χ4v) is 2.30. The lowest BCUT2D eigenvalue weighted by atomic mass is 10.2. The maximum absolute atomic E-state index is 13.2. The molecule has 0 aliphatic heterocycles. The maximum atomic E-state index is 13.2. The van der Waals surface area contributed by atoms with Crippen molar-refractivity contribution in [3.05, 3.63) is 59.7 Å². The summed E-state index contributed by atoms with van der Waals surface area (Å²) in [6, 6.07) is 10.2. The molecule has 0 spiro atoms. The molecule has 0 bridgehead atoms. The predicted octanol–water partition coefficient (Wildman–Crippen LogP) is 3.08. The monoisotopic (exact) mass is 285 g/mol. The van der Waals surface area contributed by atoms with E-state index in [0.29, 0.717) is 24.6 Å². The number of fused-ring (bicyclic) bond motifs is 1. The fraction of sp³-hybridized carbons (Fsp3) is 0.188. The van der Waals surface area contributed by atoms with Crippen molar-refractivity contribution >= 4 is 5.65 Å². The Hall–Kier alpha value is -2.40. The molecule has 0 atom stereocenters. The van der Waals surface area contributed by atoms with Crippen LogP contribution in [-0.2, 0) is 6.42 Å². The van der Waals surface area contributed by atoms with E-state index in [1.54, 1.807) is 13.0 Å². The minimum absolute atomic E-state index is 0.281. The largest absolute Gasteiger partial charge is 0.437 e. The number of aryl methyl sites for hydroxylation is 1. The van der Waals surface area contributed by atoms with Gasteiger partial charge in [0.25, 0.3) is 0 Å². The summed E-state index contributed by atoms with van der Waals surface area (Å²) in [5, 5.41) is 0. The number of nitrogens with two attached hydrogens (primary N) is 1. The number of nitrogens with zero attached hydrogens (tertiary/aromatic N) is 2. The Bertz CT molecular complexity index is 782. The minimum Gasteiger partial charge on any atom is -0.437 e. The first-order valence-corrected chi connectivity index (χ1v) is 6.79. The standard InChI is InChI=1S/C16H16FN3O/c1-11-10-12(17)5-6-14(11)21-16-13(7-8-18)20-9-3-2-4-15(20)19-16/h2-6,9-10H,7-8,18H2,1H3. The number of imidazole rings is 1. The second kappa shape index (κ2) is 5.54. The van der Waals surface area contributed by atoms with Crippen LogP contribution in [0.4, 0.5) is 4.39 Å². The van der Waals surface area contributed by atoms with Gasteiger partial charge in [-0.1, -0.05) is 6.07 Å². The molecule has 3 rings (SSSR count). The molecule has 4 nitrogen and oxygen atoms in total. The highest BCUT2D eigenvalue weighted by molar-refractivity contribution is 5.47. The van der Waals surface area contributed by atoms with Gasteiger partial charge in [-0.05, 0) is 49.4 Å². The van der Waals surface area contributed by atoms with E-state index in [9.17, 15) is 4.39 Å². The summed E-state index contributed by atoms with van der Waals surface area (Å²) in [5.74, 6) is 0.830. The molecule has 2 N–H and O–H groups in total. The quantitative estimate of drug-likeness (QED) is 0.801. The number of hydrogen-bond donors (Lipinski definition) is 1. The number of benzene rings is 1. The van der Waals surface area contributed by atoms with Gasteiger partial charge in [-0.3, -0.25) is 0 Å². The zero-order chi connectivity index (χ0) is 14.8. The van der Waals surface area contributed by atoms with E-state index in [1.165, 1.54) is 12.1 Å². The molecule has 21 heavy (non-hydrogen) atoms. The van der Waals surface area contributed by atoms with Crippen LogP contribution in [0.2, 0.25) is 0 Å². The molecule has 0 saturated heterocycles. The third kappa shape index (κ3) is 2.60. The molecule has 0 unspecified atom stereocenters. The normalized spacial score (nSPS) is 11.0. The summed E-state index contributed by atoms with van der Waals surface area (Å²) in [7, 11) is 0. The number of hydrogen-bond acceptors (Lipinski definition) is 3. The molecule has 0 aliphatic rings. The molecular weight excluding hydrogens is 269 g/mol. The van der Waals surface area contributed by atoms with E-state index >= 15 is 0 Å². The lowest BCUT2D eigenvalue weighted by molar-refractivity contribution is 0.454. The van der Waals surface area contributed by atoms with Crippen molar-refractivity contribution in [2.24, 2.45) is 5.73 Å². The first-order valence-electron chi connectivity index (χ1n) is 6.79. The van der Waals surface area contributed by atoms with Crippen LogP contribution in [-0.4, -0.2) is 15.9 Å². The Morgan fingerprint density at radius 2 is 2.14 bits per heavy atom. The summed E-state index contributed by atoms with van der Waals surface area (Å²) < 4.78 is 21.0. The highest BCUT2D eigenvalue weighted by Crippen LogP contribution is 2.28. The molecular formula is C16H16FN3O. The Balaban J connectivity index is 2.05. The smallest absolute Gasteiger partial charge is 0.241 e. The van der Waals surface area contributed by atoms with Crippen LogP contribution in [0.3, 0.4) is 0 Å². The van der Waals surface area contributed by atoms with Crippen LogP contribution in [0.15, 0.2) is 42.6 Å². The van der Waals surface area contributed by atoms with Crippen LogP contribution < -0.4 is 10.5 Å². The van der Waals surface area contributed by atoms with Gasteiger partial charge in [0, 0.05) is 12.6 Å². The Kier molecular flexibility index (Phi) is 3.58. The van der Waals surface area contributed by atoms with Crippen molar-refractivity contribution in [1.29, 1.82) is 0 Å². The number of pyridine rings is 1. The van der Waals surface area contributed by atoms with Gasteiger partial charge in [0.2, 0.25) is 5.88 Å². The summed E-state index contributed by atoms with van der Waals surface area (Å²) in [6.07, 6.45) is 2.58. The minimum atomic E-state index is -0.281. The van der Waals surface area contributed by atoms with Crippen LogP contribution >= 0.6 is 0 Å². The van der Waals surface area contributed by atoms with Crippen molar-refractivity contribution in [3.8, 4) is 11.6 Å². The maximum Gasteiger partial charge on any atom is 0.241 e. The second-order valence-electron chi connectivity index (χ2n) is 4.84. The van der Waals surface area contributed by atoms with Gasteiger partial charge in [-0.15, -0.1) is 0 Å². The first-order chi connectivity index (χ1) is 10.2. The Morgan fingerprint density at radius 3 is 2.90 bits per heavy atom. The first kappa shape index (κ1) is 13.6. The molecule has 3 aromatic rings. The summed E-state index contributed by atoms with van der Waals surface area (Å²) in [4.78, 5) is 4.48. The van der Waals surface area contributed by atoms with Crippen molar-refractivity contribution in [3.63, 3.8) is 0 Å². The van der Waals surface area contributed by atoms with E-state index in [2.05, 4.69) is 4.98 Å². The van der Waals surface area contributed by atoms with Crippen LogP contribution in [0.5, 0.6) is 11.6 Å². The number of aromatic nitrogens is 2. The molecule has 1 aromatic carbocycles. The van der Waals surface area contributed by atoms with E-state index in [-0.39, 0.29) is 5.82 Å². The Labute approximate surface area is 122 Å². The fourth-order valence-electron chi connectivity index (χ4n) is 2.30. The van der Waals surface area contributed by atoms with Gasteiger partial charge in [0.15, 0.2) is 0 Å². The SMILES string of the molecule is Cc1cc(F)ccc1Oc1nc2ccccn2c1CCN. The van der Waals surface area contributed by atoms with Crippen molar-refractivity contribution in [2.75, 3.05) is 6.54 Å². The van der Waals surface area contributed by atoms with Crippen LogP contribution in [0.1, 0.15) is 11.3 Å². The van der Waals surface area contributed by atoms with Gasteiger partial charge in [-0.2, -0.15) is 4.98 Å². The van der Waals surface area contributed by atoms with Gasteiger partial charge >= 0.3 is 0 Å². The lowest BCUT2D eigenvalue weighted by Crippen LogP contribution is -2.06. The van der Waals surface area contributed by atoms with Crippen LogP contribution in [0.25, 0.3) is 5.65 Å². The molecule has 0 saturated carbocycles. The molecule has 2 aromatic heterocycles. The zero-order valence-corrected chi connectivity index (χ0v) is 11.7. The van der Waals surface area contributed by atoms with Gasteiger partial charge < -0.3 is 14.9 Å². The number of rotatable bonds is 4. The Morgan fingerprint density at radius 1 is 1.29 bits per heavy atom. The highest BCUT2D eigenvalue weighted by Gasteiger charge is 2.14. The average Bonchev–Trinajstić information content (AvgIpc) is 2.81. The van der Waals surface area contributed by atoms with E-state index in [1.807, 2.05) is 28.8 Å². The van der Waals surface area contributed by atoms with E-state index in [0.717, 1.165) is 16.9 Å². The van der Waals surface area contributed by atoms with Gasteiger partial charge in [0.05, 0.1) is 5.69 Å². The molecule has 2 heterocycles. The summed E-state index contributed by atoms with van der Waals surface area (Å²) in [6.45, 7) is 2.30. The number of ether oxygens (including phenoxy) is 1. The van der Waals surface area contributed by atoms with Crippen LogP contribution in [0, 0.1) is 12.7 Å². The van der Waals surface area contributed by atoms with Gasteiger partial charge in [0.1, 0.15) is 17.2 Å². The topological polar surface area (TPSA) is 52.5 Å². The highest BCUT2D eigenvalue weighted by atomic mass is 19.1. The third-order valence-electron chi connectivity index (χ3n) is 3.32. The molecule has 0 amide bonds. The molecule has 108 valence electrons. The zero-order valence-electron chi connectivity index (χ0n) is 11.7. The van der Waals surface area contributed by atoms with Crippen molar-refractivity contribution < 1.29 is 9.13 Å². The van der Waals surface area contributed by atoms with E-state index in [4.69, 9.17) is 10.5 Å². The predicted molar refractivity (Wildman–Crippen MR) is 79.2 cm³/mol. The van der Waals surface area contributed by atoms with Gasteiger partial charge in [-0.25, -0.2) is 4.39 Å². The van der Waals surface area contributed by atoms with E-state index < -0.39 is 0 Å². The van der Waals surface area contributed by atoms with Crippen molar-refractivity contribution in [2.45, 2.75) is 13.3 Å². The molecule has 0 aliphatic carbocycles. The summed E-state index contributed by atoms with van der Waals surface area (Å²) >= 11 is 0. The molecule has 0 fully saturated rings. The summed E-state index contributed by atoms with van der Waals surface area (Å²) in [5.41, 5.74) is 8.12.